The van der Waals surface area contributed by atoms with E-state index in [1.165, 1.54) is 4.90 Å². The summed E-state index contributed by atoms with van der Waals surface area (Å²) in [7, 11) is 0. The van der Waals surface area contributed by atoms with Crippen LogP contribution < -0.4 is 11.5 Å². The second kappa shape index (κ2) is 5.92. The Balaban J connectivity index is 2.01. The lowest BCUT2D eigenvalue weighted by Crippen LogP contribution is -2.50. The van der Waals surface area contributed by atoms with Crippen molar-refractivity contribution in [3.8, 4) is 5.75 Å². The molecule has 1 unspecified atom stereocenters. The molecule has 108 valence electrons. The van der Waals surface area contributed by atoms with Crippen LogP contribution in [0.4, 0.5) is 0 Å². The molecule has 20 heavy (non-hydrogen) atoms. The van der Waals surface area contributed by atoms with Crippen molar-refractivity contribution in [3.63, 3.8) is 0 Å². The zero-order valence-corrected chi connectivity index (χ0v) is 11.2. The van der Waals surface area contributed by atoms with E-state index in [9.17, 15) is 14.7 Å². The Bertz CT molecular complexity index is 501. The van der Waals surface area contributed by atoms with Crippen LogP contribution in [0.1, 0.15) is 18.4 Å². The van der Waals surface area contributed by atoms with Crippen LogP contribution in [0.15, 0.2) is 24.3 Å². The third kappa shape index (κ3) is 3.08. The van der Waals surface area contributed by atoms with E-state index in [0.29, 0.717) is 19.4 Å². The van der Waals surface area contributed by atoms with Gasteiger partial charge in [0.2, 0.25) is 11.8 Å². The Hall–Kier alpha value is -2.08. The molecule has 6 heteroatoms. The molecule has 2 amide bonds. The molecular formula is C14H19N3O3. The minimum Gasteiger partial charge on any atom is -0.508 e. The summed E-state index contributed by atoms with van der Waals surface area (Å²) in [5, 5.41) is 9.21. The summed E-state index contributed by atoms with van der Waals surface area (Å²) in [6.45, 7) is 0.524. The van der Waals surface area contributed by atoms with Gasteiger partial charge in [-0.25, -0.2) is 0 Å². The van der Waals surface area contributed by atoms with Crippen molar-refractivity contribution in [2.45, 2.75) is 31.3 Å². The molecule has 0 saturated carbocycles. The molecule has 1 aromatic carbocycles. The van der Waals surface area contributed by atoms with Crippen molar-refractivity contribution >= 4 is 11.8 Å². The van der Waals surface area contributed by atoms with Gasteiger partial charge in [-0.05, 0) is 37.0 Å². The molecule has 0 aromatic heterocycles. The number of phenolic OH excluding ortho intramolecular Hbond substituents is 1. The molecule has 2 atom stereocenters. The highest BCUT2D eigenvalue weighted by atomic mass is 16.3. The monoisotopic (exact) mass is 277 g/mol. The topological polar surface area (TPSA) is 110 Å². The molecule has 1 aliphatic rings. The highest BCUT2D eigenvalue weighted by Gasteiger charge is 2.34. The maximum absolute atomic E-state index is 12.3. The predicted octanol–water partition coefficient (Wildman–Crippen LogP) is -0.262. The zero-order valence-electron chi connectivity index (χ0n) is 11.2. The van der Waals surface area contributed by atoms with Crippen molar-refractivity contribution in [3.05, 3.63) is 29.8 Å². The number of rotatable bonds is 4. The fourth-order valence-electron chi connectivity index (χ4n) is 2.51. The second-order valence-electron chi connectivity index (χ2n) is 5.07. The lowest BCUT2D eigenvalue weighted by atomic mass is 10.0. The summed E-state index contributed by atoms with van der Waals surface area (Å²) in [6.07, 6.45) is 1.74. The van der Waals surface area contributed by atoms with Gasteiger partial charge in [0.15, 0.2) is 0 Å². The van der Waals surface area contributed by atoms with Crippen molar-refractivity contribution in [2.24, 2.45) is 11.5 Å². The summed E-state index contributed by atoms with van der Waals surface area (Å²) < 4.78 is 0. The lowest BCUT2D eigenvalue weighted by molar-refractivity contribution is -0.138. The third-order valence-corrected chi connectivity index (χ3v) is 3.57. The molecular weight excluding hydrogens is 258 g/mol. The van der Waals surface area contributed by atoms with Crippen LogP contribution in [0.25, 0.3) is 0 Å². The number of nitrogens with zero attached hydrogens (tertiary/aromatic N) is 1. The van der Waals surface area contributed by atoms with Crippen LogP contribution in [-0.4, -0.2) is 40.4 Å². The fourth-order valence-corrected chi connectivity index (χ4v) is 2.51. The molecule has 1 heterocycles. The maximum Gasteiger partial charge on any atom is 0.240 e. The molecule has 5 N–H and O–H groups in total. The maximum atomic E-state index is 12.3. The number of hydrogen-bond acceptors (Lipinski definition) is 4. The summed E-state index contributed by atoms with van der Waals surface area (Å²) in [4.78, 5) is 25.0. The van der Waals surface area contributed by atoms with Gasteiger partial charge >= 0.3 is 0 Å². The van der Waals surface area contributed by atoms with Crippen LogP contribution in [0.3, 0.4) is 0 Å². The third-order valence-electron chi connectivity index (χ3n) is 3.57. The van der Waals surface area contributed by atoms with E-state index in [2.05, 4.69) is 0 Å². The van der Waals surface area contributed by atoms with Gasteiger partial charge < -0.3 is 21.5 Å². The zero-order chi connectivity index (χ0) is 14.7. The molecule has 0 aliphatic carbocycles. The van der Waals surface area contributed by atoms with Crippen LogP contribution >= 0.6 is 0 Å². The lowest BCUT2D eigenvalue weighted by Gasteiger charge is -2.25. The van der Waals surface area contributed by atoms with E-state index in [4.69, 9.17) is 11.5 Å². The molecule has 1 aromatic rings. The molecule has 0 radical (unpaired) electrons. The van der Waals surface area contributed by atoms with Gasteiger partial charge in [-0.1, -0.05) is 12.1 Å². The van der Waals surface area contributed by atoms with Crippen molar-refractivity contribution in [2.75, 3.05) is 6.54 Å². The molecule has 2 rings (SSSR count). The number of phenols is 1. The number of benzene rings is 1. The Morgan fingerprint density at radius 3 is 2.60 bits per heavy atom. The Morgan fingerprint density at radius 1 is 1.35 bits per heavy atom. The Morgan fingerprint density at radius 2 is 2.00 bits per heavy atom. The number of amides is 2. The highest BCUT2D eigenvalue weighted by molar-refractivity contribution is 5.89. The van der Waals surface area contributed by atoms with Crippen molar-refractivity contribution in [1.82, 2.24) is 4.90 Å². The van der Waals surface area contributed by atoms with Crippen LogP contribution in [0.5, 0.6) is 5.75 Å². The molecule has 1 aliphatic heterocycles. The van der Waals surface area contributed by atoms with Crippen molar-refractivity contribution in [1.29, 1.82) is 0 Å². The highest BCUT2D eigenvalue weighted by Crippen LogP contribution is 2.19. The average Bonchev–Trinajstić information content (AvgIpc) is 2.90. The summed E-state index contributed by atoms with van der Waals surface area (Å²) in [5.41, 5.74) is 12.1. The van der Waals surface area contributed by atoms with Gasteiger partial charge in [0.1, 0.15) is 11.8 Å². The average molecular weight is 277 g/mol. The van der Waals surface area contributed by atoms with E-state index in [-0.39, 0.29) is 11.7 Å². The van der Waals surface area contributed by atoms with Gasteiger partial charge in [-0.15, -0.1) is 0 Å². The first-order valence-electron chi connectivity index (χ1n) is 6.62. The first kappa shape index (κ1) is 14.3. The largest absolute Gasteiger partial charge is 0.508 e. The fraction of sp³-hybridized carbons (Fsp3) is 0.429. The van der Waals surface area contributed by atoms with Gasteiger partial charge in [0, 0.05) is 6.54 Å². The number of hydrogen-bond donors (Lipinski definition) is 3. The van der Waals surface area contributed by atoms with E-state index < -0.39 is 18.0 Å². The standard InChI is InChI=1S/C14H19N3O3/c15-11(8-9-3-5-10(18)6-4-9)14(20)17-7-1-2-12(17)13(16)19/h3-6,11-12,18H,1-2,7-8,15H2,(H2,16,19)/t11?,12-/m0/s1. The Kier molecular flexibility index (Phi) is 4.24. The molecule has 1 saturated heterocycles. The number of aromatic hydroxyl groups is 1. The SMILES string of the molecule is NC(=O)[C@@H]1CCCN1C(=O)C(N)Cc1ccc(O)cc1. The summed E-state index contributed by atoms with van der Waals surface area (Å²) in [6, 6.07) is 5.30. The first-order valence-corrected chi connectivity index (χ1v) is 6.62. The van der Waals surface area contributed by atoms with Crippen LogP contribution in [-0.2, 0) is 16.0 Å². The molecule has 1 fully saturated rings. The van der Waals surface area contributed by atoms with E-state index in [1.54, 1.807) is 24.3 Å². The van der Waals surface area contributed by atoms with Gasteiger partial charge in [0.25, 0.3) is 0 Å². The Labute approximate surface area is 117 Å². The van der Waals surface area contributed by atoms with Crippen LogP contribution in [0.2, 0.25) is 0 Å². The smallest absolute Gasteiger partial charge is 0.240 e. The minimum absolute atomic E-state index is 0.169. The number of carbonyl (C=O) groups excluding carboxylic acids is 2. The molecule has 0 bridgehead atoms. The van der Waals surface area contributed by atoms with E-state index in [0.717, 1.165) is 12.0 Å². The van der Waals surface area contributed by atoms with E-state index >= 15 is 0 Å². The number of carbonyl (C=O) groups is 2. The van der Waals surface area contributed by atoms with Gasteiger partial charge in [-0.3, -0.25) is 9.59 Å². The van der Waals surface area contributed by atoms with Gasteiger partial charge in [0.05, 0.1) is 6.04 Å². The predicted molar refractivity (Wildman–Crippen MR) is 73.7 cm³/mol. The molecule has 0 spiro atoms. The van der Waals surface area contributed by atoms with Gasteiger partial charge in [-0.2, -0.15) is 0 Å². The first-order chi connectivity index (χ1) is 9.49. The molecule has 6 nitrogen and oxygen atoms in total. The summed E-state index contributed by atoms with van der Waals surface area (Å²) >= 11 is 0. The second-order valence-corrected chi connectivity index (χ2v) is 5.07. The van der Waals surface area contributed by atoms with Crippen LogP contribution in [0, 0.1) is 0 Å². The van der Waals surface area contributed by atoms with E-state index in [1.807, 2.05) is 0 Å². The van der Waals surface area contributed by atoms with Crippen molar-refractivity contribution < 1.29 is 14.7 Å². The minimum atomic E-state index is -0.709. The normalized spacial score (nSPS) is 19.9. The number of likely N-dealkylation sites (tertiary alicyclic amines) is 1. The summed E-state index contributed by atoms with van der Waals surface area (Å²) in [5.74, 6) is -0.561. The quantitative estimate of drug-likeness (QED) is 0.704. The number of primary amides is 1. The number of nitrogens with two attached hydrogens (primary N) is 2.